The SMILES string of the molecule is CC(C)N(CCBr)C(=O)c1ccoc1. The average molecular weight is 260 g/mol. The van der Waals surface area contributed by atoms with Crippen LogP contribution in [-0.2, 0) is 0 Å². The molecule has 78 valence electrons. The first-order chi connectivity index (χ1) is 6.66. The van der Waals surface area contributed by atoms with Crippen LogP contribution >= 0.6 is 15.9 Å². The summed E-state index contributed by atoms with van der Waals surface area (Å²) in [5, 5.41) is 0.786. The van der Waals surface area contributed by atoms with Crippen molar-refractivity contribution in [2.75, 3.05) is 11.9 Å². The van der Waals surface area contributed by atoms with Crippen LogP contribution in [0.4, 0.5) is 0 Å². The largest absolute Gasteiger partial charge is 0.472 e. The Balaban J connectivity index is 2.74. The summed E-state index contributed by atoms with van der Waals surface area (Å²) in [6.45, 7) is 4.71. The van der Waals surface area contributed by atoms with Crippen molar-refractivity contribution in [1.82, 2.24) is 4.90 Å². The summed E-state index contributed by atoms with van der Waals surface area (Å²) in [6, 6.07) is 1.89. The summed E-state index contributed by atoms with van der Waals surface area (Å²) in [4.78, 5) is 13.7. The summed E-state index contributed by atoms with van der Waals surface area (Å²) < 4.78 is 4.88. The number of alkyl halides is 1. The van der Waals surface area contributed by atoms with Crippen molar-refractivity contribution in [3.63, 3.8) is 0 Å². The van der Waals surface area contributed by atoms with E-state index >= 15 is 0 Å². The molecule has 1 aromatic heterocycles. The topological polar surface area (TPSA) is 33.5 Å². The van der Waals surface area contributed by atoms with Crippen molar-refractivity contribution >= 4 is 21.8 Å². The summed E-state index contributed by atoms with van der Waals surface area (Å²) in [7, 11) is 0. The van der Waals surface area contributed by atoms with Gasteiger partial charge in [0, 0.05) is 17.9 Å². The van der Waals surface area contributed by atoms with E-state index in [1.807, 2.05) is 13.8 Å². The molecule has 1 amide bonds. The number of hydrogen-bond donors (Lipinski definition) is 0. The van der Waals surface area contributed by atoms with Gasteiger partial charge in [-0.1, -0.05) is 15.9 Å². The Morgan fingerprint density at radius 1 is 1.64 bits per heavy atom. The first-order valence-electron chi connectivity index (χ1n) is 4.56. The van der Waals surface area contributed by atoms with Crippen molar-refractivity contribution in [3.05, 3.63) is 24.2 Å². The van der Waals surface area contributed by atoms with Crippen LogP contribution in [-0.4, -0.2) is 28.7 Å². The van der Waals surface area contributed by atoms with E-state index in [1.54, 1.807) is 11.0 Å². The lowest BCUT2D eigenvalue weighted by Crippen LogP contribution is -2.38. The molecular formula is C10H14BrNO2. The highest BCUT2D eigenvalue weighted by Gasteiger charge is 2.18. The monoisotopic (exact) mass is 259 g/mol. The van der Waals surface area contributed by atoms with Crippen molar-refractivity contribution in [1.29, 1.82) is 0 Å². The van der Waals surface area contributed by atoms with Crippen LogP contribution in [0.15, 0.2) is 23.0 Å². The van der Waals surface area contributed by atoms with Gasteiger partial charge in [-0.05, 0) is 19.9 Å². The highest BCUT2D eigenvalue weighted by atomic mass is 79.9. The van der Waals surface area contributed by atoms with Crippen LogP contribution in [0.3, 0.4) is 0 Å². The number of rotatable bonds is 4. The van der Waals surface area contributed by atoms with Crippen LogP contribution < -0.4 is 0 Å². The van der Waals surface area contributed by atoms with E-state index in [2.05, 4.69) is 15.9 Å². The van der Waals surface area contributed by atoms with Gasteiger partial charge in [-0.25, -0.2) is 0 Å². The van der Waals surface area contributed by atoms with Crippen molar-refractivity contribution in [2.24, 2.45) is 0 Å². The Morgan fingerprint density at radius 2 is 2.36 bits per heavy atom. The van der Waals surface area contributed by atoms with Gasteiger partial charge in [-0.15, -0.1) is 0 Å². The normalized spacial score (nSPS) is 10.6. The quantitative estimate of drug-likeness (QED) is 0.779. The molecule has 0 saturated carbocycles. The van der Waals surface area contributed by atoms with Crippen LogP contribution in [0.1, 0.15) is 24.2 Å². The number of hydrogen-bond acceptors (Lipinski definition) is 2. The predicted octanol–water partition coefficient (Wildman–Crippen LogP) is 2.53. The molecule has 0 N–H and O–H groups in total. The standard InChI is InChI=1S/C10H14BrNO2/c1-8(2)12(5-4-11)10(13)9-3-6-14-7-9/h3,6-8H,4-5H2,1-2H3. The Kier molecular flexibility index (Phi) is 4.20. The Labute approximate surface area is 92.2 Å². The van der Waals surface area contributed by atoms with E-state index in [9.17, 15) is 4.79 Å². The number of amides is 1. The third-order valence-corrected chi connectivity index (χ3v) is 2.33. The molecule has 0 saturated heterocycles. The van der Waals surface area contributed by atoms with Gasteiger partial charge < -0.3 is 9.32 Å². The fourth-order valence-electron chi connectivity index (χ4n) is 1.24. The van der Waals surface area contributed by atoms with Gasteiger partial charge in [0.1, 0.15) is 6.26 Å². The zero-order chi connectivity index (χ0) is 10.6. The number of nitrogens with zero attached hydrogens (tertiary/aromatic N) is 1. The smallest absolute Gasteiger partial charge is 0.257 e. The van der Waals surface area contributed by atoms with Crippen LogP contribution in [0.2, 0.25) is 0 Å². The lowest BCUT2D eigenvalue weighted by atomic mass is 10.2. The lowest BCUT2D eigenvalue weighted by Gasteiger charge is -2.25. The van der Waals surface area contributed by atoms with E-state index in [-0.39, 0.29) is 11.9 Å². The third kappa shape index (κ3) is 2.61. The zero-order valence-electron chi connectivity index (χ0n) is 8.37. The van der Waals surface area contributed by atoms with Gasteiger partial charge in [-0.2, -0.15) is 0 Å². The fourth-order valence-corrected chi connectivity index (χ4v) is 1.62. The molecular weight excluding hydrogens is 246 g/mol. The summed E-state index contributed by atoms with van der Waals surface area (Å²) in [5.74, 6) is 0.0215. The molecule has 0 fully saturated rings. The van der Waals surface area contributed by atoms with Gasteiger partial charge in [-0.3, -0.25) is 4.79 Å². The van der Waals surface area contributed by atoms with Crippen LogP contribution in [0.5, 0.6) is 0 Å². The van der Waals surface area contributed by atoms with Gasteiger partial charge in [0.25, 0.3) is 5.91 Å². The first-order valence-corrected chi connectivity index (χ1v) is 5.68. The van der Waals surface area contributed by atoms with Gasteiger partial charge in [0.2, 0.25) is 0 Å². The number of carbonyl (C=O) groups excluding carboxylic acids is 1. The molecule has 1 rings (SSSR count). The van der Waals surface area contributed by atoms with Crippen LogP contribution in [0, 0.1) is 0 Å². The van der Waals surface area contributed by atoms with E-state index in [0.29, 0.717) is 12.1 Å². The minimum atomic E-state index is 0.0215. The first kappa shape index (κ1) is 11.3. The molecule has 4 heteroatoms. The molecule has 14 heavy (non-hydrogen) atoms. The van der Waals surface area contributed by atoms with Crippen molar-refractivity contribution < 1.29 is 9.21 Å². The molecule has 1 aromatic rings. The van der Waals surface area contributed by atoms with Gasteiger partial charge >= 0.3 is 0 Å². The fraction of sp³-hybridized carbons (Fsp3) is 0.500. The second kappa shape index (κ2) is 5.20. The minimum absolute atomic E-state index is 0.0215. The minimum Gasteiger partial charge on any atom is -0.472 e. The summed E-state index contributed by atoms with van der Waals surface area (Å²) in [5.41, 5.74) is 0.611. The molecule has 0 radical (unpaired) electrons. The summed E-state index contributed by atoms with van der Waals surface area (Å²) in [6.07, 6.45) is 2.99. The zero-order valence-corrected chi connectivity index (χ0v) is 9.95. The summed E-state index contributed by atoms with van der Waals surface area (Å²) >= 11 is 3.33. The van der Waals surface area contributed by atoms with Gasteiger partial charge in [0.05, 0.1) is 11.8 Å². The molecule has 0 aliphatic heterocycles. The predicted molar refractivity (Wildman–Crippen MR) is 58.7 cm³/mol. The Bertz CT molecular complexity index is 282. The molecule has 0 aliphatic rings. The molecule has 1 heterocycles. The van der Waals surface area contributed by atoms with E-state index in [4.69, 9.17) is 4.42 Å². The molecule has 0 aliphatic carbocycles. The number of furan rings is 1. The maximum absolute atomic E-state index is 11.9. The molecule has 0 atom stereocenters. The van der Waals surface area contributed by atoms with Crippen molar-refractivity contribution in [3.8, 4) is 0 Å². The number of carbonyl (C=O) groups is 1. The molecule has 0 bridgehead atoms. The highest BCUT2D eigenvalue weighted by Crippen LogP contribution is 2.09. The molecule has 0 aromatic carbocycles. The van der Waals surface area contributed by atoms with Crippen molar-refractivity contribution in [2.45, 2.75) is 19.9 Å². The van der Waals surface area contributed by atoms with E-state index in [1.165, 1.54) is 12.5 Å². The van der Waals surface area contributed by atoms with Gasteiger partial charge in [0.15, 0.2) is 0 Å². The lowest BCUT2D eigenvalue weighted by molar-refractivity contribution is 0.0718. The average Bonchev–Trinajstić information content (AvgIpc) is 2.65. The maximum atomic E-state index is 11.9. The highest BCUT2D eigenvalue weighted by molar-refractivity contribution is 9.09. The number of halogens is 1. The maximum Gasteiger partial charge on any atom is 0.257 e. The third-order valence-electron chi connectivity index (χ3n) is 1.98. The Morgan fingerprint density at radius 3 is 2.79 bits per heavy atom. The second-order valence-corrected chi connectivity index (χ2v) is 4.09. The van der Waals surface area contributed by atoms with Crippen LogP contribution in [0.25, 0.3) is 0 Å². The molecule has 0 spiro atoms. The Hall–Kier alpha value is -0.770. The van der Waals surface area contributed by atoms with E-state index < -0.39 is 0 Å². The molecule has 0 unspecified atom stereocenters. The van der Waals surface area contributed by atoms with E-state index in [0.717, 1.165) is 5.33 Å². The molecule has 3 nitrogen and oxygen atoms in total. The second-order valence-electron chi connectivity index (χ2n) is 3.29.